The van der Waals surface area contributed by atoms with Gasteiger partial charge < -0.3 is 16.2 Å². The fraction of sp³-hybridized carbons (Fsp3) is 0.889. The molecule has 0 rings (SSSR count). The predicted octanol–water partition coefficient (Wildman–Crippen LogP) is -0.0461. The van der Waals surface area contributed by atoms with Crippen LogP contribution in [0.2, 0.25) is 0 Å². The van der Waals surface area contributed by atoms with Crippen molar-refractivity contribution in [3.05, 3.63) is 0 Å². The van der Waals surface area contributed by atoms with Gasteiger partial charge in [0.2, 0.25) is 5.91 Å². The van der Waals surface area contributed by atoms with Gasteiger partial charge in [0.25, 0.3) is 0 Å². The van der Waals surface area contributed by atoms with Crippen molar-refractivity contribution in [2.45, 2.75) is 31.9 Å². The van der Waals surface area contributed by atoms with Crippen LogP contribution in [0.15, 0.2) is 0 Å². The number of carbonyl (C=O) groups is 1. The van der Waals surface area contributed by atoms with Gasteiger partial charge in [-0.3, -0.25) is 4.79 Å². The molecule has 4 N–H and O–H groups in total. The quantitative estimate of drug-likeness (QED) is 0.562. The molecule has 0 aliphatic carbocycles. The minimum Gasteiger partial charge on any atom is -0.391 e. The second kappa shape index (κ2) is 8.08. The molecule has 0 bridgehead atoms. The van der Waals surface area contributed by atoms with Crippen LogP contribution in [0.4, 0.5) is 0 Å². The van der Waals surface area contributed by atoms with E-state index in [9.17, 15) is 9.90 Å². The maximum atomic E-state index is 11.3. The van der Waals surface area contributed by atoms with Gasteiger partial charge in [0.1, 0.15) is 0 Å². The Labute approximate surface area is 89.6 Å². The highest BCUT2D eigenvalue weighted by Crippen LogP contribution is 1.98. The first-order chi connectivity index (χ1) is 6.61. The molecule has 0 aliphatic rings. The van der Waals surface area contributed by atoms with Gasteiger partial charge in [0.05, 0.1) is 12.1 Å². The van der Waals surface area contributed by atoms with E-state index in [0.29, 0.717) is 19.4 Å². The molecule has 1 amide bonds. The molecule has 2 atom stereocenters. The minimum absolute atomic E-state index is 0.174. The lowest BCUT2D eigenvalue weighted by Gasteiger charge is -2.13. The molecule has 0 radical (unpaired) electrons. The molecule has 1 unspecified atom stereocenters. The highest BCUT2D eigenvalue weighted by atomic mass is 32.2. The Bertz CT molecular complexity index is 167. The van der Waals surface area contributed by atoms with Crippen molar-refractivity contribution < 1.29 is 9.90 Å². The molecule has 0 aromatic carbocycles. The zero-order valence-electron chi connectivity index (χ0n) is 8.82. The molecule has 5 heteroatoms. The van der Waals surface area contributed by atoms with Crippen LogP contribution in [0, 0.1) is 0 Å². The molecular formula is C9H20N2O2S. The van der Waals surface area contributed by atoms with Crippen molar-refractivity contribution in [1.82, 2.24) is 5.32 Å². The number of aliphatic hydroxyl groups excluding tert-OH is 1. The molecule has 4 nitrogen and oxygen atoms in total. The molecule has 0 fully saturated rings. The highest BCUT2D eigenvalue weighted by Gasteiger charge is 2.13. The maximum Gasteiger partial charge on any atom is 0.237 e. The van der Waals surface area contributed by atoms with E-state index in [1.807, 2.05) is 13.2 Å². The second-order valence-electron chi connectivity index (χ2n) is 3.20. The summed E-state index contributed by atoms with van der Waals surface area (Å²) in [7, 11) is 0. The van der Waals surface area contributed by atoms with Gasteiger partial charge in [-0.1, -0.05) is 6.92 Å². The van der Waals surface area contributed by atoms with E-state index in [1.54, 1.807) is 11.8 Å². The molecule has 0 saturated carbocycles. The summed E-state index contributed by atoms with van der Waals surface area (Å²) in [6, 6.07) is -0.452. The number of thioether (sulfide) groups is 1. The molecular weight excluding hydrogens is 200 g/mol. The topological polar surface area (TPSA) is 75.3 Å². The third-order valence-electron chi connectivity index (χ3n) is 1.95. The van der Waals surface area contributed by atoms with Crippen LogP contribution in [-0.2, 0) is 4.79 Å². The molecule has 0 aromatic rings. The Hall–Kier alpha value is -0.260. The zero-order chi connectivity index (χ0) is 11.0. The van der Waals surface area contributed by atoms with Gasteiger partial charge in [0.15, 0.2) is 0 Å². The Balaban J connectivity index is 3.61. The van der Waals surface area contributed by atoms with Gasteiger partial charge in [-0.2, -0.15) is 11.8 Å². The van der Waals surface area contributed by atoms with Crippen LogP contribution in [0.5, 0.6) is 0 Å². The van der Waals surface area contributed by atoms with Crippen LogP contribution >= 0.6 is 11.8 Å². The fourth-order valence-electron chi connectivity index (χ4n) is 0.870. The molecule has 0 saturated heterocycles. The predicted molar refractivity (Wildman–Crippen MR) is 60.3 cm³/mol. The lowest BCUT2D eigenvalue weighted by Crippen LogP contribution is -2.43. The van der Waals surface area contributed by atoms with Crippen LogP contribution in [0.25, 0.3) is 0 Å². The van der Waals surface area contributed by atoms with E-state index in [-0.39, 0.29) is 5.91 Å². The van der Waals surface area contributed by atoms with Gasteiger partial charge in [-0.15, -0.1) is 0 Å². The monoisotopic (exact) mass is 220 g/mol. The standard InChI is InChI=1S/C9H20N2O2S/c1-3-7(12)6-11-9(13)8(10)4-5-14-2/h7-8,12H,3-6,10H2,1-2H3,(H,11,13)/t7?,8-/m1/s1. The summed E-state index contributed by atoms with van der Waals surface area (Å²) >= 11 is 1.67. The summed E-state index contributed by atoms with van der Waals surface area (Å²) in [4.78, 5) is 11.3. The largest absolute Gasteiger partial charge is 0.391 e. The average Bonchev–Trinajstić information content (AvgIpc) is 2.21. The number of hydrogen-bond donors (Lipinski definition) is 3. The first kappa shape index (κ1) is 13.7. The third kappa shape index (κ3) is 6.23. The average molecular weight is 220 g/mol. The van der Waals surface area contributed by atoms with E-state index < -0.39 is 12.1 Å². The highest BCUT2D eigenvalue weighted by molar-refractivity contribution is 7.98. The molecule has 0 heterocycles. The first-order valence-electron chi connectivity index (χ1n) is 4.82. The summed E-state index contributed by atoms with van der Waals surface area (Å²) in [5, 5.41) is 11.8. The fourth-order valence-corrected chi connectivity index (χ4v) is 1.36. The summed E-state index contributed by atoms with van der Waals surface area (Å²) in [5.41, 5.74) is 5.62. The lowest BCUT2D eigenvalue weighted by molar-refractivity contribution is -0.122. The summed E-state index contributed by atoms with van der Waals surface area (Å²) in [6.07, 6.45) is 2.83. The lowest BCUT2D eigenvalue weighted by atomic mass is 10.2. The van der Waals surface area contributed by atoms with Crippen molar-refractivity contribution >= 4 is 17.7 Å². The van der Waals surface area contributed by atoms with E-state index in [1.165, 1.54) is 0 Å². The third-order valence-corrected chi connectivity index (χ3v) is 2.60. The van der Waals surface area contributed by atoms with Crippen LogP contribution < -0.4 is 11.1 Å². The number of nitrogens with two attached hydrogens (primary N) is 1. The number of carbonyl (C=O) groups excluding carboxylic acids is 1. The Morgan fingerprint density at radius 1 is 1.64 bits per heavy atom. The Kier molecular flexibility index (Phi) is 7.93. The summed E-state index contributed by atoms with van der Waals surface area (Å²) in [5.74, 6) is 0.705. The smallest absolute Gasteiger partial charge is 0.237 e. The number of nitrogens with one attached hydrogen (secondary N) is 1. The van der Waals surface area contributed by atoms with Crippen molar-refractivity contribution in [2.24, 2.45) is 5.73 Å². The van der Waals surface area contributed by atoms with E-state index in [4.69, 9.17) is 5.73 Å². The summed E-state index contributed by atoms with van der Waals surface area (Å²) < 4.78 is 0. The minimum atomic E-state index is -0.466. The number of aliphatic hydroxyl groups is 1. The van der Waals surface area contributed by atoms with Gasteiger partial charge in [-0.25, -0.2) is 0 Å². The normalized spacial score (nSPS) is 14.9. The Morgan fingerprint density at radius 2 is 2.29 bits per heavy atom. The SMILES string of the molecule is CCC(O)CNC(=O)[C@H](N)CCSC. The van der Waals surface area contributed by atoms with Crippen molar-refractivity contribution in [3.63, 3.8) is 0 Å². The van der Waals surface area contributed by atoms with Gasteiger partial charge >= 0.3 is 0 Å². The maximum absolute atomic E-state index is 11.3. The molecule has 14 heavy (non-hydrogen) atoms. The van der Waals surface area contributed by atoms with Crippen molar-refractivity contribution in [3.8, 4) is 0 Å². The zero-order valence-corrected chi connectivity index (χ0v) is 9.64. The molecule has 0 spiro atoms. The van der Waals surface area contributed by atoms with Gasteiger partial charge in [0, 0.05) is 6.54 Å². The van der Waals surface area contributed by atoms with Crippen LogP contribution in [0.1, 0.15) is 19.8 Å². The van der Waals surface area contributed by atoms with Crippen LogP contribution in [-0.4, -0.2) is 41.7 Å². The molecule has 0 aliphatic heterocycles. The summed E-state index contributed by atoms with van der Waals surface area (Å²) in [6.45, 7) is 2.16. The van der Waals surface area contributed by atoms with E-state index in [2.05, 4.69) is 5.32 Å². The number of amides is 1. The van der Waals surface area contributed by atoms with Crippen molar-refractivity contribution in [2.75, 3.05) is 18.6 Å². The molecule has 0 aromatic heterocycles. The van der Waals surface area contributed by atoms with Crippen LogP contribution in [0.3, 0.4) is 0 Å². The molecule has 84 valence electrons. The van der Waals surface area contributed by atoms with Crippen molar-refractivity contribution in [1.29, 1.82) is 0 Å². The first-order valence-corrected chi connectivity index (χ1v) is 6.21. The number of hydrogen-bond acceptors (Lipinski definition) is 4. The van der Waals surface area contributed by atoms with Gasteiger partial charge in [-0.05, 0) is 24.9 Å². The van der Waals surface area contributed by atoms with E-state index >= 15 is 0 Å². The number of rotatable bonds is 7. The second-order valence-corrected chi connectivity index (χ2v) is 4.18. The Morgan fingerprint density at radius 3 is 2.79 bits per heavy atom. The van der Waals surface area contributed by atoms with E-state index in [0.717, 1.165) is 5.75 Å².